The maximum Gasteiger partial charge on any atom is 0.0507 e. The molecule has 3 heteroatoms. The van der Waals surface area contributed by atoms with E-state index in [-0.39, 0.29) is 6.04 Å². The van der Waals surface area contributed by atoms with Gasteiger partial charge in [0, 0.05) is 12.1 Å². The number of hydrogen-bond donors (Lipinski definition) is 1. The summed E-state index contributed by atoms with van der Waals surface area (Å²) in [6, 6.07) is 3.72. The van der Waals surface area contributed by atoms with E-state index in [2.05, 4.69) is 28.7 Å². The van der Waals surface area contributed by atoms with Gasteiger partial charge in [-0.1, -0.05) is 12.8 Å². The van der Waals surface area contributed by atoms with Gasteiger partial charge in [-0.2, -0.15) is 11.3 Å². The third-order valence-corrected chi connectivity index (χ3v) is 5.49. The van der Waals surface area contributed by atoms with Crippen molar-refractivity contribution >= 4 is 11.3 Å². The fourth-order valence-electron chi connectivity index (χ4n) is 4.03. The summed E-state index contributed by atoms with van der Waals surface area (Å²) >= 11 is 1.79. The molecule has 1 aromatic rings. The highest BCUT2D eigenvalue weighted by molar-refractivity contribution is 7.07. The summed E-state index contributed by atoms with van der Waals surface area (Å²) in [6.45, 7) is 3.41. The fraction of sp³-hybridized carbons (Fsp3) is 0.733. The van der Waals surface area contributed by atoms with Crippen molar-refractivity contribution in [3.8, 4) is 0 Å². The van der Waals surface area contributed by atoms with Crippen molar-refractivity contribution in [2.45, 2.75) is 57.2 Å². The zero-order valence-corrected chi connectivity index (χ0v) is 12.0. The SMILES string of the molecule is CC(N)C(c1ccsc1)N1CCC2CCCCC21. The standard InChI is InChI=1S/C15H24N2S/c1-11(16)15(13-7-9-18-10-13)17-8-6-12-4-2-3-5-14(12)17/h7,9-12,14-15H,2-6,8,16H2,1H3. The minimum absolute atomic E-state index is 0.222. The van der Waals surface area contributed by atoms with Crippen LogP contribution in [0.5, 0.6) is 0 Å². The highest BCUT2D eigenvalue weighted by atomic mass is 32.1. The number of thiophene rings is 1. The molecular formula is C15H24N2S. The third kappa shape index (κ3) is 2.24. The fourth-order valence-corrected chi connectivity index (χ4v) is 4.72. The maximum atomic E-state index is 6.29. The summed E-state index contributed by atoms with van der Waals surface area (Å²) in [6.07, 6.45) is 7.07. The predicted octanol–water partition coefficient (Wildman–Crippen LogP) is 3.40. The van der Waals surface area contributed by atoms with E-state index in [1.807, 2.05) is 0 Å². The van der Waals surface area contributed by atoms with Crippen LogP contribution in [-0.2, 0) is 0 Å². The van der Waals surface area contributed by atoms with E-state index in [1.54, 1.807) is 11.3 Å². The third-order valence-electron chi connectivity index (χ3n) is 4.79. The van der Waals surface area contributed by atoms with Gasteiger partial charge >= 0.3 is 0 Å². The number of fused-ring (bicyclic) bond motifs is 1. The molecule has 0 amide bonds. The molecule has 4 unspecified atom stereocenters. The van der Waals surface area contributed by atoms with Gasteiger partial charge in [0.25, 0.3) is 0 Å². The summed E-state index contributed by atoms with van der Waals surface area (Å²) in [5.74, 6) is 0.943. The van der Waals surface area contributed by atoms with Gasteiger partial charge in [-0.05, 0) is 61.0 Å². The molecule has 4 atom stereocenters. The monoisotopic (exact) mass is 264 g/mol. The van der Waals surface area contributed by atoms with Crippen LogP contribution in [0.3, 0.4) is 0 Å². The van der Waals surface area contributed by atoms with E-state index in [0.717, 1.165) is 12.0 Å². The van der Waals surface area contributed by atoms with E-state index < -0.39 is 0 Å². The van der Waals surface area contributed by atoms with Gasteiger partial charge in [-0.25, -0.2) is 0 Å². The van der Waals surface area contributed by atoms with E-state index in [1.165, 1.54) is 44.2 Å². The molecule has 0 radical (unpaired) electrons. The van der Waals surface area contributed by atoms with Gasteiger partial charge in [0.05, 0.1) is 6.04 Å². The Bertz CT molecular complexity index is 374. The first-order valence-corrected chi connectivity index (χ1v) is 8.25. The Balaban J connectivity index is 1.83. The van der Waals surface area contributed by atoms with Gasteiger partial charge in [-0.3, -0.25) is 4.90 Å². The molecule has 2 N–H and O–H groups in total. The number of nitrogens with two attached hydrogens (primary N) is 1. The molecule has 2 nitrogen and oxygen atoms in total. The maximum absolute atomic E-state index is 6.29. The Morgan fingerprint density at radius 2 is 2.17 bits per heavy atom. The summed E-state index contributed by atoms with van der Waals surface area (Å²) < 4.78 is 0. The van der Waals surface area contributed by atoms with Crippen molar-refractivity contribution in [3.05, 3.63) is 22.4 Å². The molecule has 0 aromatic carbocycles. The Hall–Kier alpha value is -0.380. The van der Waals surface area contributed by atoms with Crippen LogP contribution in [0.4, 0.5) is 0 Å². The van der Waals surface area contributed by atoms with Crippen molar-refractivity contribution in [3.63, 3.8) is 0 Å². The van der Waals surface area contributed by atoms with Gasteiger partial charge in [0.15, 0.2) is 0 Å². The molecule has 0 bridgehead atoms. The Morgan fingerprint density at radius 3 is 2.89 bits per heavy atom. The minimum Gasteiger partial charge on any atom is -0.326 e. The largest absolute Gasteiger partial charge is 0.326 e. The van der Waals surface area contributed by atoms with Gasteiger partial charge in [-0.15, -0.1) is 0 Å². The molecule has 100 valence electrons. The smallest absolute Gasteiger partial charge is 0.0507 e. The van der Waals surface area contributed by atoms with Crippen LogP contribution in [0.25, 0.3) is 0 Å². The lowest BCUT2D eigenvalue weighted by molar-refractivity contribution is 0.119. The molecule has 3 rings (SSSR count). The number of nitrogens with zero attached hydrogens (tertiary/aromatic N) is 1. The summed E-state index contributed by atoms with van der Waals surface area (Å²) in [5.41, 5.74) is 7.72. The van der Waals surface area contributed by atoms with Crippen LogP contribution in [0.1, 0.15) is 50.6 Å². The van der Waals surface area contributed by atoms with Crippen molar-refractivity contribution in [2.75, 3.05) is 6.54 Å². The van der Waals surface area contributed by atoms with Crippen LogP contribution in [-0.4, -0.2) is 23.5 Å². The van der Waals surface area contributed by atoms with Crippen molar-refractivity contribution in [1.29, 1.82) is 0 Å². The minimum atomic E-state index is 0.222. The summed E-state index contributed by atoms with van der Waals surface area (Å²) in [5, 5.41) is 4.46. The van der Waals surface area contributed by atoms with E-state index >= 15 is 0 Å². The lowest BCUT2D eigenvalue weighted by atomic mass is 9.84. The molecule has 1 aliphatic carbocycles. The molecule has 0 spiro atoms. The van der Waals surface area contributed by atoms with E-state index in [4.69, 9.17) is 5.73 Å². The van der Waals surface area contributed by atoms with Gasteiger partial charge in [0.1, 0.15) is 0 Å². The zero-order valence-electron chi connectivity index (χ0n) is 11.2. The second-order valence-electron chi connectivity index (χ2n) is 6.00. The number of rotatable bonds is 3. The Labute approximate surface area is 114 Å². The summed E-state index contributed by atoms with van der Waals surface area (Å²) in [4.78, 5) is 2.72. The molecule has 1 aromatic heterocycles. The lowest BCUT2D eigenvalue weighted by Gasteiger charge is -2.38. The van der Waals surface area contributed by atoms with Crippen molar-refractivity contribution in [1.82, 2.24) is 4.90 Å². The molecule has 2 aliphatic rings. The quantitative estimate of drug-likeness (QED) is 0.906. The molecule has 2 heterocycles. The molecule has 1 saturated heterocycles. The number of likely N-dealkylation sites (tertiary alicyclic amines) is 1. The second kappa shape index (κ2) is 5.32. The Kier molecular flexibility index (Phi) is 3.73. The zero-order chi connectivity index (χ0) is 12.5. The summed E-state index contributed by atoms with van der Waals surface area (Å²) in [7, 11) is 0. The average molecular weight is 264 g/mol. The van der Waals surface area contributed by atoms with E-state index in [0.29, 0.717) is 6.04 Å². The molecule has 1 saturated carbocycles. The van der Waals surface area contributed by atoms with Gasteiger partial charge in [0.2, 0.25) is 0 Å². The highest BCUT2D eigenvalue weighted by Crippen LogP contribution is 2.41. The average Bonchev–Trinajstić information content (AvgIpc) is 3.00. The highest BCUT2D eigenvalue weighted by Gasteiger charge is 2.40. The van der Waals surface area contributed by atoms with Crippen LogP contribution in [0, 0.1) is 5.92 Å². The second-order valence-corrected chi connectivity index (χ2v) is 6.78. The predicted molar refractivity (Wildman–Crippen MR) is 77.8 cm³/mol. The number of hydrogen-bond acceptors (Lipinski definition) is 3. The van der Waals surface area contributed by atoms with Crippen LogP contribution in [0.15, 0.2) is 16.8 Å². The molecular weight excluding hydrogens is 240 g/mol. The topological polar surface area (TPSA) is 29.3 Å². The molecule has 18 heavy (non-hydrogen) atoms. The van der Waals surface area contributed by atoms with Crippen LogP contribution < -0.4 is 5.73 Å². The Morgan fingerprint density at radius 1 is 1.33 bits per heavy atom. The lowest BCUT2D eigenvalue weighted by Crippen LogP contribution is -2.44. The van der Waals surface area contributed by atoms with Crippen molar-refractivity contribution in [2.24, 2.45) is 11.7 Å². The first-order chi connectivity index (χ1) is 8.77. The molecule has 1 aliphatic heterocycles. The van der Waals surface area contributed by atoms with E-state index in [9.17, 15) is 0 Å². The normalized spacial score (nSPS) is 32.1. The van der Waals surface area contributed by atoms with Crippen LogP contribution in [0.2, 0.25) is 0 Å². The first kappa shape index (κ1) is 12.6. The van der Waals surface area contributed by atoms with Gasteiger partial charge < -0.3 is 5.73 Å². The molecule has 2 fully saturated rings. The van der Waals surface area contributed by atoms with Crippen molar-refractivity contribution < 1.29 is 0 Å². The van der Waals surface area contributed by atoms with Crippen LogP contribution >= 0.6 is 11.3 Å². The first-order valence-electron chi connectivity index (χ1n) is 7.31.